The minimum absolute atomic E-state index is 0.0165. The Morgan fingerprint density at radius 2 is 2.13 bits per heavy atom. The third-order valence-corrected chi connectivity index (χ3v) is 3.25. The van der Waals surface area contributed by atoms with Gasteiger partial charge >= 0.3 is 5.97 Å². The van der Waals surface area contributed by atoms with Gasteiger partial charge in [0.2, 0.25) is 0 Å². The van der Waals surface area contributed by atoms with Gasteiger partial charge in [0, 0.05) is 23.4 Å². The van der Waals surface area contributed by atoms with Crippen molar-refractivity contribution in [3.8, 4) is 5.75 Å². The van der Waals surface area contributed by atoms with Gasteiger partial charge in [-0.1, -0.05) is 18.7 Å². The number of rotatable bonds is 8. The molecule has 0 aromatic carbocycles. The second kappa shape index (κ2) is 8.73. The molecule has 0 aliphatic heterocycles. The second-order valence-corrected chi connectivity index (χ2v) is 4.93. The number of aliphatic imine (C=N–C) groups is 1. The summed E-state index contributed by atoms with van der Waals surface area (Å²) < 4.78 is 0. The highest BCUT2D eigenvalue weighted by Gasteiger charge is 2.17. The first-order valence-corrected chi connectivity index (χ1v) is 7.36. The summed E-state index contributed by atoms with van der Waals surface area (Å²) in [5.41, 5.74) is 2.97. The Labute approximate surface area is 136 Å². The molecule has 0 aliphatic rings. The summed E-state index contributed by atoms with van der Waals surface area (Å²) in [5.74, 6) is -0.885. The molecular weight excluding hydrogens is 294 g/mol. The van der Waals surface area contributed by atoms with E-state index in [4.69, 9.17) is 5.11 Å². The monoisotopic (exact) mass is 317 g/mol. The predicted octanol–water partition coefficient (Wildman–Crippen LogP) is 2.75. The number of aryl methyl sites for hydroxylation is 1. The van der Waals surface area contributed by atoms with E-state index in [2.05, 4.69) is 21.9 Å². The van der Waals surface area contributed by atoms with E-state index in [-0.39, 0.29) is 18.7 Å². The topological polar surface area (TPSA) is 94.8 Å². The van der Waals surface area contributed by atoms with Crippen LogP contribution in [0, 0.1) is 6.92 Å². The summed E-state index contributed by atoms with van der Waals surface area (Å²) in [4.78, 5) is 19.2. The molecule has 0 saturated carbocycles. The van der Waals surface area contributed by atoms with Crippen LogP contribution in [0.25, 0.3) is 11.8 Å². The number of nitrogens with zero attached hydrogens (tertiary/aromatic N) is 2. The van der Waals surface area contributed by atoms with Crippen LogP contribution in [0.3, 0.4) is 0 Å². The van der Waals surface area contributed by atoms with Crippen LogP contribution in [0.5, 0.6) is 5.75 Å². The van der Waals surface area contributed by atoms with Crippen molar-refractivity contribution < 1.29 is 15.0 Å². The number of aliphatic carboxylic acids is 1. The number of aromatic nitrogens is 1. The van der Waals surface area contributed by atoms with E-state index in [1.54, 1.807) is 12.3 Å². The summed E-state index contributed by atoms with van der Waals surface area (Å²) in [7, 11) is 0. The van der Waals surface area contributed by atoms with Gasteiger partial charge in [0.25, 0.3) is 0 Å². The van der Waals surface area contributed by atoms with Gasteiger partial charge in [0.1, 0.15) is 5.69 Å². The van der Waals surface area contributed by atoms with Crippen LogP contribution in [0.15, 0.2) is 17.6 Å². The van der Waals surface area contributed by atoms with Crippen LogP contribution < -0.4 is 5.32 Å². The summed E-state index contributed by atoms with van der Waals surface area (Å²) in [6.07, 6.45) is 5.30. The predicted molar refractivity (Wildman–Crippen MR) is 92.5 cm³/mol. The number of pyridine rings is 1. The molecule has 3 N–H and O–H groups in total. The average Bonchev–Trinajstić information content (AvgIpc) is 2.49. The molecule has 0 saturated heterocycles. The molecule has 0 unspecified atom stereocenters. The summed E-state index contributed by atoms with van der Waals surface area (Å²) >= 11 is 0. The zero-order valence-corrected chi connectivity index (χ0v) is 13.8. The number of carboxylic acid groups (broad SMARTS) is 1. The Kier molecular flexibility index (Phi) is 6.99. The van der Waals surface area contributed by atoms with Crippen LogP contribution in [0.2, 0.25) is 0 Å². The number of aromatic hydroxyl groups is 1. The van der Waals surface area contributed by atoms with E-state index in [1.165, 1.54) is 0 Å². The third kappa shape index (κ3) is 4.95. The molecule has 0 aliphatic carbocycles. The fourth-order valence-corrected chi connectivity index (χ4v) is 2.10. The highest BCUT2D eigenvalue weighted by atomic mass is 16.4. The van der Waals surface area contributed by atoms with E-state index in [1.807, 2.05) is 26.8 Å². The average molecular weight is 317 g/mol. The van der Waals surface area contributed by atoms with Gasteiger partial charge < -0.3 is 15.5 Å². The molecule has 0 fully saturated rings. The quantitative estimate of drug-likeness (QED) is 0.641. The normalized spacial score (nSPS) is 11.3. The summed E-state index contributed by atoms with van der Waals surface area (Å²) in [6.45, 7) is 10.0. The molecule has 124 valence electrons. The van der Waals surface area contributed by atoms with Crippen molar-refractivity contribution in [1.29, 1.82) is 0 Å². The number of carboxylic acids is 1. The lowest BCUT2D eigenvalue weighted by atomic mass is 10.0. The molecule has 0 amide bonds. The van der Waals surface area contributed by atoms with Gasteiger partial charge in [-0.15, -0.1) is 0 Å². The molecule has 0 atom stereocenters. The molecule has 1 rings (SSSR count). The number of nitrogens with one attached hydrogen (secondary N) is 1. The lowest BCUT2D eigenvalue weighted by Gasteiger charge is -2.16. The Bertz CT molecular complexity index is 649. The van der Waals surface area contributed by atoms with E-state index >= 15 is 0 Å². The standard InChI is InChI=1S/C17H23N3O3/c1-5-7-13-14(10-18-6-2)11(3)20-16(17(13)23)12(4)19-9-8-15(21)22/h5-7,19,23H,4,8-10H2,1-3H3,(H,21,22)/b7-5-,18-6?. The Hall–Kier alpha value is -2.63. The molecule has 6 heteroatoms. The number of hydrogen-bond acceptors (Lipinski definition) is 5. The Morgan fingerprint density at radius 1 is 1.43 bits per heavy atom. The highest BCUT2D eigenvalue weighted by molar-refractivity contribution is 5.73. The number of carbonyl (C=O) groups is 1. The first-order chi connectivity index (χ1) is 10.9. The van der Waals surface area contributed by atoms with Gasteiger partial charge in [-0.2, -0.15) is 0 Å². The van der Waals surface area contributed by atoms with Gasteiger partial charge in [-0.25, -0.2) is 4.98 Å². The molecule has 23 heavy (non-hydrogen) atoms. The van der Waals surface area contributed by atoms with Gasteiger partial charge in [-0.3, -0.25) is 9.79 Å². The molecule has 0 bridgehead atoms. The molecule has 0 radical (unpaired) electrons. The third-order valence-electron chi connectivity index (χ3n) is 3.25. The Balaban J connectivity index is 3.19. The van der Waals surface area contributed by atoms with Crippen LogP contribution in [0.4, 0.5) is 0 Å². The van der Waals surface area contributed by atoms with Crippen molar-refractivity contribution in [1.82, 2.24) is 10.3 Å². The molecule has 1 aromatic heterocycles. The van der Waals surface area contributed by atoms with Gasteiger partial charge in [-0.05, 0) is 27.0 Å². The fourth-order valence-electron chi connectivity index (χ4n) is 2.10. The minimum atomic E-state index is -0.902. The van der Waals surface area contributed by atoms with Crippen molar-refractivity contribution >= 4 is 24.0 Å². The van der Waals surface area contributed by atoms with Crippen molar-refractivity contribution in [3.05, 3.63) is 35.2 Å². The summed E-state index contributed by atoms with van der Waals surface area (Å²) in [6, 6.07) is 0. The highest BCUT2D eigenvalue weighted by Crippen LogP contribution is 2.31. The lowest BCUT2D eigenvalue weighted by Crippen LogP contribution is -2.17. The minimum Gasteiger partial charge on any atom is -0.505 e. The van der Waals surface area contributed by atoms with Gasteiger partial charge in [0.05, 0.1) is 18.7 Å². The van der Waals surface area contributed by atoms with Crippen LogP contribution in [0.1, 0.15) is 42.8 Å². The fraction of sp³-hybridized carbons (Fsp3) is 0.353. The molecule has 0 spiro atoms. The van der Waals surface area contributed by atoms with E-state index < -0.39 is 5.97 Å². The second-order valence-electron chi connectivity index (χ2n) is 4.93. The van der Waals surface area contributed by atoms with E-state index in [0.717, 1.165) is 11.3 Å². The first kappa shape index (κ1) is 18.4. The van der Waals surface area contributed by atoms with Crippen molar-refractivity contribution in [2.24, 2.45) is 4.99 Å². The van der Waals surface area contributed by atoms with Crippen molar-refractivity contribution in [2.75, 3.05) is 6.54 Å². The zero-order valence-electron chi connectivity index (χ0n) is 13.8. The van der Waals surface area contributed by atoms with Crippen LogP contribution in [-0.4, -0.2) is 33.9 Å². The molecule has 1 heterocycles. The van der Waals surface area contributed by atoms with Crippen LogP contribution in [-0.2, 0) is 11.3 Å². The lowest BCUT2D eigenvalue weighted by molar-refractivity contribution is -0.136. The number of hydrogen-bond donors (Lipinski definition) is 3. The molecule has 1 aromatic rings. The van der Waals surface area contributed by atoms with Crippen molar-refractivity contribution in [2.45, 2.75) is 33.7 Å². The van der Waals surface area contributed by atoms with E-state index in [0.29, 0.717) is 23.5 Å². The molecule has 6 nitrogen and oxygen atoms in total. The smallest absolute Gasteiger partial charge is 0.305 e. The molecular formula is C17H23N3O3. The first-order valence-electron chi connectivity index (χ1n) is 7.36. The summed E-state index contributed by atoms with van der Waals surface area (Å²) in [5, 5.41) is 22.1. The SMILES string of the molecule is C=C(NCCC(=O)O)c1nc(C)c(CN=CC)c(/C=C\C)c1O. The van der Waals surface area contributed by atoms with E-state index in [9.17, 15) is 9.90 Å². The maximum Gasteiger partial charge on any atom is 0.305 e. The number of allylic oxidation sites excluding steroid dienone is 1. The largest absolute Gasteiger partial charge is 0.505 e. The van der Waals surface area contributed by atoms with Gasteiger partial charge in [0.15, 0.2) is 5.75 Å². The maximum atomic E-state index is 10.6. The van der Waals surface area contributed by atoms with Crippen LogP contribution >= 0.6 is 0 Å². The Morgan fingerprint density at radius 3 is 2.70 bits per heavy atom. The maximum absolute atomic E-state index is 10.6. The van der Waals surface area contributed by atoms with Crippen molar-refractivity contribution in [3.63, 3.8) is 0 Å². The zero-order chi connectivity index (χ0) is 17.4.